The lowest BCUT2D eigenvalue weighted by atomic mass is 10.1. The van der Waals surface area contributed by atoms with E-state index < -0.39 is 27.5 Å². The highest BCUT2D eigenvalue weighted by Crippen LogP contribution is 2.33. The molecule has 2 aromatic carbocycles. The van der Waals surface area contributed by atoms with Crippen molar-refractivity contribution in [3.8, 4) is 22.5 Å². The molecule has 0 saturated carbocycles. The van der Waals surface area contributed by atoms with E-state index in [2.05, 4.69) is 15.3 Å². The zero-order valence-corrected chi connectivity index (χ0v) is 19.2. The minimum absolute atomic E-state index is 0.123. The molecule has 4 aromatic rings. The van der Waals surface area contributed by atoms with Crippen LogP contribution in [0, 0.1) is 0 Å². The summed E-state index contributed by atoms with van der Waals surface area (Å²) in [5.41, 5.74) is 2.12. The molecule has 10 heteroatoms. The Morgan fingerprint density at radius 1 is 1.00 bits per heavy atom. The maximum atomic E-state index is 13.1. The van der Waals surface area contributed by atoms with Crippen molar-refractivity contribution in [2.24, 2.45) is 0 Å². The van der Waals surface area contributed by atoms with Gasteiger partial charge in [-0.05, 0) is 53.1 Å². The van der Waals surface area contributed by atoms with Crippen molar-refractivity contribution >= 4 is 15.7 Å². The van der Waals surface area contributed by atoms with Crippen LogP contribution in [0.25, 0.3) is 22.5 Å². The molecule has 0 aliphatic heterocycles. The van der Waals surface area contributed by atoms with E-state index >= 15 is 0 Å². The van der Waals surface area contributed by atoms with Gasteiger partial charge in [-0.3, -0.25) is 9.78 Å². The van der Waals surface area contributed by atoms with Crippen LogP contribution in [-0.2, 0) is 22.6 Å². The number of carbonyl (C=O) groups excluding carboxylic acids is 1. The third kappa shape index (κ3) is 5.60. The first-order chi connectivity index (χ1) is 16.5. The number of H-pyrrole nitrogens is 1. The standard InChI is InChI=1S/C25H20F3N3O3S/c1-35(33,34)20-10-6-18(7-11-20)23-21(24(32)30-15-16-3-2-12-29-14-16)13-22(31-23)17-4-8-19(9-5-17)25(26,27)28/h2-14,31H,15H2,1H3,(H,30,32). The van der Waals surface area contributed by atoms with Crippen molar-refractivity contribution in [2.75, 3.05) is 6.26 Å². The number of aromatic nitrogens is 2. The molecule has 180 valence electrons. The summed E-state index contributed by atoms with van der Waals surface area (Å²) in [5, 5.41) is 2.81. The molecule has 2 N–H and O–H groups in total. The first kappa shape index (κ1) is 24.2. The van der Waals surface area contributed by atoms with Crippen molar-refractivity contribution in [1.29, 1.82) is 0 Å². The summed E-state index contributed by atoms with van der Waals surface area (Å²) in [4.78, 5) is 20.3. The highest BCUT2D eigenvalue weighted by atomic mass is 32.2. The average molecular weight is 500 g/mol. The van der Waals surface area contributed by atoms with Crippen molar-refractivity contribution in [3.05, 3.63) is 95.8 Å². The molecule has 2 aromatic heterocycles. The number of carbonyl (C=O) groups is 1. The molecule has 0 fully saturated rings. The summed E-state index contributed by atoms with van der Waals surface area (Å²) < 4.78 is 62.5. The molecule has 0 atom stereocenters. The second-order valence-corrected chi connectivity index (χ2v) is 9.90. The van der Waals surface area contributed by atoms with E-state index in [1.165, 1.54) is 24.3 Å². The first-order valence-electron chi connectivity index (χ1n) is 10.4. The smallest absolute Gasteiger partial charge is 0.354 e. The van der Waals surface area contributed by atoms with E-state index in [4.69, 9.17) is 0 Å². The lowest BCUT2D eigenvalue weighted by Gasteiger charge is -2.07. The number of nitrogens with one attached hydrogen (secondary N) is 2. The Balaban J connectivity index is 1.71. The first-order valence-corrected chi connectivity index (χ1v) is 12.3. The average Bonchev–Trinajstić information content (AvgIpc) is 3.28. The number of hydrogen-bond acceptors (Lipinski definition) is 4. The maximum absolute atomic E-state index is 13.1. The fourth-order valence-corrected chi connectivity index (χ4v) is 4.14. The molecule has 1 amide bonds. The molecule has 0 saturated heterocycles. The molecule has 0 aliphatic rings. The zero-order valence-electron chi connectivity index (χ0n) is 18.4. The fourth-order valence-electron chi connectivity index (χ4n) is 3.50. The number of pyridine rings is 1. The number of nitrogens with zero attached hydrogens (tertiary/aromatic N) is 1. The molecule has 0 radical (unpaired) electrons. The van der Waals surface area contributed by atoms with Gasteiger partial charge in [-0.25, -0.2) is 8.42 Å². The third-order valence-corrected chi connectivity index (χ3v) is 6.46. The minimum Gasteiger partial charge on any atom is -0.354 e. The predicted octanol–water partition coefficient (Wildman–Crippen LogP) is 5.10. The number of rotatable bonds is 6. The van der Waals surface area contributed by atoms with Crippen molar-refractivity contribution in [1.82, 2.24) is 15.3 Å². The Labute approximate surface area is 199 Å². The van der Waals surface area contributed by atoms with Gasteiger partial charge >= 0.3 is 6.18 Å². The Hall–Kier alpha value is -3.92. The van der Waals surface area contributed by atoms with Crippen LogP contribution in [0.4, 0.5) is 13.2 Å². The number of aromatic amines is 1. The fraction of sp³-hybridized carbons (Fsp3) is 0.120. The van der Waals surface area contributed by atoms with Crippen LogP contribution in [-0.4, -0.2) is 30.5 Å². The van der Waals surface area contributed by atoms with Gasteiger partial charge in [0.25, 0.3) is 5.91 Å². The summed E-state index contributed by atoms with van der Waals surface area (Å²) in [7, 11) is -3.41. The highest BCUT2D eigenvalue weighted by molar-refractivity contribution is 7.90. The molecule has 35 heavy (non-hydrogen) atoms. The Bertz CT molecular complexity index is 1450. The zero-order chi connectivity index (χ0) is 25.2. The molecule has 0 bridgehead atoms. The van der Waals surface area contributed by atoms with Crippen molar-refractivity contribution in [2.45, 2.75) is 17.6 Å². The van der Waals surface area contributed by atoms with Crippen LogP contribution in [0.1, 0.15) is 21.5 Å². The second kappa shape index (κ2) is 9.38. The van der Waals surface area contributed by atoms with Crippen molar-refractivity contribution in [3.63, 3.8) is 0 Å². The molecule has 0 unspecified atom stereocenters. The van der Waals surface area contributed by atoms with Crippen LogP contribution >= 0.6 is 0 Å². The Morgan fingerprint density at radius 3 is 2.23 bits per heavy atom. The number of sulfone groups is 1. The summed E-state index contributed by atoms with van der Waals surface area (Å²) >= 11 is 0. The molecular weight excluding hydrogens is 479 g/mol. The molecular formula is C25H20F3N3O3S. The summed E-state index contributed by atoms with van der Waals surface area (Å²) in [6.45, 7) is 0.222. The number of hydrogen-bond donors (Lipinski definition) is 2. The van der Waals surface area contributed by atoms with Gasteiger partial charge < -0.3 is 10.3 Å². The number of benzene rings is 2. The van der Waals surface area contributed by atoms with E-state index in [9.17, 15) is 26.4 Å². The van der Waals surface area contributed by atoms with E-state index in [1.54, 1.807) is 36.7 Å². The van der Waals surface area contributed by atoms with Gasteiger partial charge in [0.2, 0.25) is 0 Å². The SMILES string of the molecule is CS(=O)(=O)c1ccc(-c2[nH]c(-c3ccc(C(F)(F)F)cc3)cc2C(=O)NCc2cccnc2)cc1. The predicted molar refractivity (Wildman–Crippen MR) is 125 cm³/mol. The van der Waals surface area contributed by atoms with Gasteiger partial charge in [-0.15, -0.1) is 0 Å². The minimum atomic E-state index is -4.46. The van der Waals surface area contributed by atoms with E-state index in [0.717, 1.165) is 24.0 Å². The molecule has 0 spiro atoms. The lowest BCUT2D eigenvalue weighted by Crippen LogP contribution is -2.23. The number of halogens is 3. The number of alkyl halides is 3. The van der Waals surface area contributed by atoms with Crippen LogP contribution in [0.3, 0.4) is 0 Å². The molecule has 0 aliphatic carbocycles. The normalized spacial score (nSPS) is 11.9. The highest BCUT2D eigenvalue weighted by Gasteiger charge is 2.30. The van der Waals surface area contributed by atoms with Gasteiger partial charge in [0.15, 0.2) is 9.84 Å². The van der Waals surface area contributed by atoms with Crippen LogP contribution < -0.4 is 5.32 Å². The number of amides is 1. The van der Waals surface area contributed by atoms with Gasteiger partial charge in [-0.1, -0.05) is 30.3 Å². The molecule has 4 rings (SSSR count). The van der Waals surface area contributed by atoms with Crippen LogP contribution in [0.2, 0.25) is 0 Å². The largest absolute Gasteiger partial charge is 0.416 e. The van der Waals surface area contributed by atoms with Gasteiger partial charge in [0, 0.05) is 30.9 Å². The van der Waals surface area contributed by atoms with Crippen molar-refractivity contribution < 1.29 is 26.4 Å². The quantitative estimate of drug-likeness (QED) is 0.386. The van der Waals surface area contributed by atoms with E-state index in [-0.39, 0.29) is 17.0 Å². The van der Waals surface area contributed by atoms with Crippen LogP contribution in [0.5, 0.6) is 0 Å². The van der Waals surface area contributed by atoms with E-state index in [0.29, 0.717) is 22.5 Å². The summed E-state index contributed by atoms with van der Waals surface area (Å²) in [6.07, 6.45) is -0.128. The van der Waals surface area contributed by atoms with E-state index in [1.807, 2.05) is 6.07 Å². The van der Waals surface area contributed by atoms with Gasteiger partial charge in [0.1, 0.15) is 0 Å². The Morgan fingerprint density at radius 2 is 1.66 bits per heavy atom. The summed E-state index contributed by atoms with van der Waals surface area (Å²) in [6, 6.07) is 15.7. The van der Waals surface area contributed by atoms with Gasteiger partial charge in [-0.2, -0.15) is 13.2 Å². The monoisotopic (exact) mass is 499 g/mol. The topological polar surface area (TPSA) is 91.9 Å². The maximum Gasteiger partial charge on any atom is 0.416 e. The Kier molecular flexibility index (Phi) is 6.49. The lowest BCUT2D eigenvalue weighted by molar-refractivity contribution is -0.137. The van der Waals surface area contributed by atoms with Gasteiger partial charge in [0.05, 0.1) is 21.7 Å². The second-order valence-electron chi connectivity index (χ2n) is 7.89. The molecule has 2 heterocycles. The third-order valence-electron chi connectivity index (χ3n) is 5.33. The molecule has 6 nitrogen and oxygen atoms in total. The summed E-state index contributed by atoms with van der Waals surface area (Å²) in [5.74, 6) is -0.412. The van der Waals surface area contributed by atoms with Crippen LogP contribution in [0.15, 0.2) is 84.0 Å².